The second-order valence-electron chi connectivity index (χ2n) is 4.48. The Kier molecular flexibility index (Phi) is 6.47. The van der Waals surface area contributed by atoms with Gasteiger partial charge in [-0.1, -0.05) is 12.1 Å². The summed E-state index contributed by atoms with van der Waals surface area (Å²) in [6.45, 7) is -1.77. The predicted molar refractivity (Wildman–Crippen MR) is 64.7 cm³/mol. The Hall–Kier alpha value is -1.28. The van der Waals surface area contributed by atoms with E-state index in [1.165, 1.54) is 19.2 Å². The molecule has 1 rings (SSSR count). The molecule has 1 atom stereocenters. The maximum atomic E-state index is 13.5. The van der Waals surface area contributed by atoms with Gasteiger partial charge in [0.1, 0.15) is 6.61 Å². The number of alkyl halides is 4. The van der Waals surface area contributed by atoms with E-state index in [0.29, 0.717) is 0 Å². The van der Waals surface area contributed by atoms with Crippen LogP contribution in [0.15, 0.2) is 18.2 Å². The van der Waals surface area contributed by atoms with E-state index in [4.69, 9.17) is 0 Å². The zero-order valence-electron chi connectivity index (χ0n) is 11.2. The van der Waals surface area contributed by atoms with Crippen LogP contribution in [0.1, 0.15) is 5.56 Å². The van der Waals surface area contributed by atoms with Gasteiger partial charge in [-0.05, 0) is 25.1 Å². The Morgan fingerprint density at radius 3 is 2.48 bits per heavy atom. The summed E-state index contributed by atoms with van der Waals surface area (Å²) in [4.78, 5) is 0. The van der Waals surface area contributed by atoms with Gasteiger partial charge < -0.3 is 10.1 Å². The first-order valence-electron chi connectivity index (χ1n) is 6.11. The van der Waals surface area contributed by atoms with Crippen molar-refractivity contribution in [1.82, 2.24) is 5.32 Å². The van der Waals surface area contributed by atoms with Gasteiger partial charge in [0.05, 0.1) is 6.61 Å². The number of halogens is 6. The Morgan fingerprint density at radius 1 is 1.24 bits per heavy atom. The third-order valence-corrected chi connectivity index (χ3v) is 2.84. The van der Waals surface area contributed by atoms with Crippen molar-refractivity contribution in [2.45, 2.75) is 24.8 Å². The van der Waals surface area contributed by atoms with Crippen molar-refractivity contribution in [3.63, 3.8) is 0 Å². The lowest BCUT2D eigenvalue weighted by Gasteiger charge is -2.20. The Balaban J connectivity index is 2.55. The van der Waals surface area contributed by atoms with Crippen LogP contribution < -0.4 is 5.32 Å². The maximum absolute atomic E-state index is 13.5. The van der Waals surface area contributed by atoms with Gasteiger partial charge >= 0.3 is 12.3 Å². The van der Waals surface area contributed by atoms with Gasteiger partial charge in [-0.3, -0.25) is 0 Å². The molecule has 8 heteroatoms. The van der Waals surface area contributed by atoms with Crippen LogP contribution in [0.25, 0.3) is 0 Å². The number of hydrogen-bond donors (Lipinski definition) is 1. The summed E-state index contributed by atoms with van der Waals surface area (Å²) in [5.74, 6) is -6.29. The number of benzene rings is 1. The largest absolute Gasteiger partial charge is 0.373 e. The SMILES string of the molecule is CNC(COCC(F)(F)C(F)F)Cc1cccc(F)c1F. The summed E-state index contributed by atoms with van der Waals surface area (Å²) in [7, 11) is 1.47. The third-order valence-electron chi connectivity index (χ3n) is 2.84. The average molecular weight is 315 g/mol. The number of nitrogens with one attached hydrogen (secondary N) is 1. The lowest BCUT2D eigenvalue weighted by atomic mass is 10.1. The lowest BCUT2D eigenvalue weighted by Crippen LogP contribution is -2.37. The quantitative estimate of drug-likeness (QED) is 0.745. The summed E-state index contributed by atoms with van der Waals surface area (Å²) >= 11 is 0. The molecular weight excluding hydrogens is 300 g/mol. The highest BCUT2D eigenvalue weighted by Crippen LogP contribution is 2.23. The zero-order chi connectivity index (χ0) is 16.0. The fourth-order valence-electron chi connectivity index (χ4n) is 1.62. The number of ether oxygens (including phenoxy) is 1. The number of hydrogen-bond acceptors (Lipinski definition) is 2. The topological polar surface area (TPSA) is 21.3 Å². The summed E-state index contributed by atoms with van der Waals surface area (Å²) in [5.41, 5.74) is 0.0403. The molecule has 1 unspecified atom stereocenters. The molecule has 0 amide bonds. The fraction of sp³-hybridized carbons (Fsp3) is 0.538. The molecule has 1 N–H and O–H groups in total. The molecule has 0 aliphatic carbocycles. The van der Waals surface area contributed by atoms with Crippen molar-refractivity contribution in [3.05, 3.63) is 35.4 Å². The summed E-state index contributed by atoms with van der Waals surface area (Å²) < 4.78 is 80.2. The van der Waals surface area contributed by atoms with Gasteiger partial charge in [0.15, 0.2) is 11.6 Å². The standard InChI is InChI=1S/C13H15F6NO/c1-20-9(6-21-7-13(18,19)12(16)17)5-8-3-2-4-10(14)11(8)15/h2-4,9,12,20H,5-7H2,1H3. The van der Waals surface area contributed by atoms with Crippen LogP contribution in [-0.2, 0) is 11.2 Å². The Bertz CT molecular complexity index is 454. The van der Waals surface area contributed by atoms with Gasteiger partial charge in [0.2, 0.25) is 0 Å². The predicted octanol–water partition coefficient (Wildman–Crippen LogP) is 3.01. The monoisotopic (exact) mass is 315 g/mol. The molecule has 0 heterocycles. The highest BCUT2D eigenvalue weighted by Gasteiger charge is 2.41. The highest BCUT2D eigenvalue weighted by atomic mass is 19.3. The second kappa shape index (κ2) is 7.65. The second-order valence-corrected chi connectivity index (χ2v) is 4.48. The normalized spacial score (nSPS) is 13.7. The molecule has 0 spiro atoms. The van der Waals surface area contributed by atoms with Crippen LogP contribution >= 0.6 is 0 Å². The molecule has 0 fully saturated rings. The van der Waals surface area contributed by atoms with Gasteiger partial charge in [0.25, 0.3) is 0 Å². The molecule has 0 radical (unpaired) electrons. The van der Waals surface area contributed by atoms with E-state index in [1.807, 2.05) is 0 Å². The molecule has 0 saturated carbocycles. The van der Waals surface area contributed by atoms with Crippen LogP contribution in [0, 0.1) is 11.6 Å². The Labute approximate surface area is 118 Å². The van der Waals surface area contributed by atoms with E-state index >= 15 is 0 Å². The third kappa shape index (κ3) is 5.20. The molecule has 0 bridgehead atoms. The number of likely N-dealkylation sites (N-methyl/N-ethyl adjacent to an activating group) is 1. The van der Waals surface area contributed by atoms with Gasteiger partial charge in [0, 0.05) is 6.04 Å². The van der Waals surface area contributed by atoms with E-state index in [9.17, 15) is 26.3 Å². The van der Waals surface area contributed by atoms with Crippen LogP contribution in [0.2, 0.25) is 0 Å². The van der Waals surface area contributed by atoms with E-state index in [-0.39, 0.29) is 18.6 Å². The fourth-order valence-corrected chi connectivity index (χ4v) is 1.62. The first kappa shape index (κ1) is 17.8. The van der Waals surface area contributed by atoms with Crippen molar-refractivity contribution in [1.29, 1.82) is 0 Å². The number of rotatable bonds is 8. The summed E-state index contributed by atoms with van der Waals surface area (Å²) in [5, 5.41) is 2.67. The molecule has 0 aliphatic heterocycles. The summed E-state index contributed by atoms with van der Waals surface area (Å²) in [6.07, 6.45) is -3.84. The van der Waals surface area contributed by atoms with Gasteiger partial charge in [-0.15, -0.1) is 0 Å². The molecule has 2 nitrogen and oxygen atoms in total. The minimum Gasteiger partial charge on any atom is -0.373 e. The zero-order valence-corrected chi connectivity index (χ0v) is 11.2. The minimum atomic E-state index is -4.23. The minimum absolute atomic E-state index is 0.0274. The van der Waals surface area contributed by atoms with Crippen molar-refractivity contribution < 1.29 is 31.1 Å². The van der Waals surface area contributed by atoms with Crippen molar-refractivity contribution in [3.8, 4) is 0 Å². The molecular formula is C13H15F6NO. The Morgan fingerprint density at radius 2 is 1.90 bits per heavy atom. The van der Waals surface area contributed by atoms with E-state index < -0.39 is 36.6 Å². The first-order valence-corrected chi connectivity index (χ1v) is 6.11. The van der Waals surface area contributed by atoms with Crippen LogP contribution in [0.4, 0.5) is 26.3 Å². The summed E-state index contributed by atoms with van der Waals surface area (Å²) in [6, 6.07) is 2.99. The van der Waals surface area contributed by atoms with Crippen LogP contribution in [-0.4, -0.2) is 38.7 Å². The average Bonchev–Trinajstić information content (AvgIpc) is 2.42. The van der Waals surface area contributed by atoms with Gasteiger partial charge in [-0.2, -0.15) is 8.78 Å². The van der Waals surface area contributed by atoms with Crippen LogP contribution in [0.5, 0.6) is 0 Å². The van der Waals surface area contributed by atoms with Crippen molar-refractivity contribution in [2.24, 2.45) is 0 Å². The van der Waals surface area contributed by atoms with E-state index in [0.717, 1.165) is 6.07 Å². The first-order chi connectivity index (χ1) is 9.77. The van der Waals surface area contributed by atoms with Crippen LogP contribution in [0.3, 0.4) is 0 Å². The molecule has 0 aliphatic rings. The van der Waals surface area contributed by atoms with Crippen molar-refractivity contribution >= 4 is 0 Å². The highest BCUT2D eigenvalue weighted by molar-refractivity contribution is 5.20. The molecule has 0 aromatic heterocycles. The van der Waals surface area contributed by atoms with E-state index in [2.05, 4.69) is 10.1 Å². The molecule has 1 aromatic carbocycles. The van der Waals surface area contributed by atoms with Crippen molar-refractivity contribution in [2.75, 3.05) is 20.3 Å². The molecule has 21 heavy (non-hydrogen) atoms. The molecule has 120 valence electrons. The molecule has 1 aromatic rings. The smallest absolute Gasteiger partial charge is 0.330 e. The molecule has 0 saturated heterocycles. The van der Waals surface area contributed by atoms with Gasteiger partial charge in [-0.25, -0.2) is 17.6 Å². The van der Waals surface area contributed by atoms with E-state index in [1.54, 1.807) is 0 Å². The lowest BCUT2D eigenvalue weighted by molar-refractivity contribution is -0.166. The maximum Gasteiger partial charge on any atom is 0.330 e.